The van der Waals surface area contributed by atoms with Gasteiger partial charge >= 0.3 is 0 Å². The largest absolute Gasteiger partial charge is 0.385 e. The number of hydrogen-bond donors (Lipinski definition) is 2. The Morgan fingerprint density at radius 2 is 2.18 bits per heavy atom. The lowest BCUT2D eigenvalue weighted by molar-refractivity contribution is 0.192. The highest BCUT2D eigenvalue weighted by Gasteiger charge is 1.91. The van der Waals surface area contributed by atoms with Crippen LogP contribution in [0.2, 0.25) is 0 Å². The van der Waals surface area contributed by atoms with Crippen molar-refractivity contribution in [1.82, 2.24) is 5.32 Å². The maximum atomic E-state index is 10.3. The standard InChI is InChI=1S/C7H15NO2S/c1-10-6-4-2-3-5-8-7(9)11/h2-6H2,1H3,(H2,8,9,11). The fraction of sp³-hybridized carbons (Fsp3) is 0.857. The van der Waals surface area contributed by atoms with Crippen LogP contribution in [0.3, 0.4) is 0 Å². The van der Waals surface area contributed by atoms with Gasteiger partial charge in [-0.05, 0) is 19.3 Å². The van der Waals surface area contributed by atoms with Crippen molar-refractivity contribution in [1.29, 1.82) is 0 Å². The number of hydrogen-bond acceptors (Lipinski definition) is 2. The second-order valence-electron chi connectivity index (χ2n) is 2.29. The van der Waals surface area contributed by atoms with Crippen molar-refractivity contribution in [3.8, 4) is 0 Å². The molecule has 3 nitrogen and oxygen atoms in total. The minimum atomic E-state index is -0.253. The normalized spacial score (nSPS) is 9.64. The highest BCUT2D eigenvalue weighted by molar-refractivity contribution is 7.96. The predicted octanol–water partition coefficient (Wildman–Crippen LogP) is 1.44. The number of carbonyl (C=O) groups is 1. The molecule has 0 heterocycles. The maximum Gasteiger partial charge on any atom is 0.275 e. The number of unbranched alkanes of at least 4 members (excludes halogenated alkanes) is 2. The van der Waals surface area contributed by atoms with Crippen molar-refractivity contribution < 1.29 is 9.53 Å². The molecule has 0 aromatic heterocycles. The molecule has 0 aliphatic carbocycles. The summed E-state index contributed by atoms with van der Waals surface area (Å²) in [7, 11) is 1.69. The average molecular weight is 177 g/mol. The number of rotatable bonds is 6. The lowest BCUT2D eigenvalue weighted by atomic mass is 10.2. The molecule has 11 heavy (non-hydrogen) atoms. The first kappa shape index (κ1) is 10.8. The molecule has 0 aromatic carbocycles. The van der Waals surface area contributed by atoms with Gasteiger partial charge in [-0.2, -0.15) is 0 Å². The molecule has 0 aliphatic rings. The van der Waals surface area contributed by atoms with Crippen LogP contribution in [0.25, 0.3) is 0 Å². The van der Waals surface area contributed by atoms with Crippen LogP contribution in [0.5, 0.6) is 0 Å². The van der Waals surface area contributed by atoms with E-state index in [-0.39, 0.29) is 5.24 Å². The van der Waals surface area contributed by atoms with Crippen molar-refractivity contribution in [3.63, 3.8) is 0 Å². The third-order valence-corrected chi connectivity index (χ3v) is 1.46. The summed E-state index contributed by atoms with van der Waals surface area (Å²) in [5.74, 6) is 0. The van der Waals surface area contributed by atoms with Gasteiger partial charge in [-0.3, -0.25) is 4.79 Å². The average Bonchev–Trinajstić information content (AvgIpc) is 1.96. The van der Waals surface area contributed by atoms with Crippen LogP contribution in [-0.4, -0.2) is 25.5 Å². The van der Waals surface area contributed by atoms with Gasteiger partial charge in [0.05, 0.1) is 0 Å². The maximum absolute atomic E-state index is 10.3. The van der Waals surface area contributed by atoms with Crippen LogP contribution in [0.1, 0.15) is 19.3 Å². The van der Waals surface area contributed by atoms with Gasteiger partial charge in [-0.1, -0.05) is 12.6 Å². The molecule has 1 amide bonds. The van der Waals surface area contributed by atoms with E-state index in [4.69, 9.17) is 4.74 Å². The van der Waals surface area contributed by atoms with Crippen molar-refractivity contribution in [2.24, 2.45) is 0 Å². The van der Waals surface area contributed by atoms with Gasteiger partial charge in [0.25, 0.3) is 5.24 Å². The monoisotopic (exact) mass is 177 g/mol. The fourth-order valence-corrected chi connectivity index (χ4v) is 0.855. The van der Waals surface area contributed by atoms with Gasteiger partial charge in [-0.15, -0.1) is 0 Å². The van der Waals surface area contributed by atoms with E-state index in [0.29, 0.717) is 6.54 Å². The van der Waals surface area contributed by atoms with Crippen molar-refractivity contribution in [3.05, 3.63) is 0 Å². The lowest BCUT2D eigenvalue weighted by Gasteiger charge is -2.00. The molecule has 0 atom stereocenters. The molecule has 0 rings (SSSR count). The Morgan fingerprint density at radius 3 is 2.73 bits per heavy atom. The third-order valence-electron chi connectivity index (χ3n) is 1.30. The van der Waals surface area contributed by atoms with Crippen LogP contribution in [0.4, 0.5) is 4.79 Å². The van der Waals surface area contributed by atoms with Crippen molar-refractivity contribution in [2.75, 3.05) is 20.3 Å². The molecule has 1 N–H and O–H groups in total. The Labute approximate surface area is 72.9 Å². The van der Waals surface area contributed by atoms with Gasteiger partial charge in [0.15, 0.2) is 0 Å². The fourth-order valence-electron chi connectivity index (χ4n) is 0.743. The summed E-state index contributed by atoms with van der Waals surface area (Å²) >= 11 is 3.57. The molecule has 66 valence electrons. The van der Waals surface area contributed by atoms with Gasteiger partial charge in [0.2, 0.25) is 0 Å². The zero-order valence-corrected chi connectivity index (χ0v) is 7.69. The van der Waals surface area contributed by atoms with E-state index in [1.807, 2.05) is 0 Å². The predicted molar refractivity (Wildman–Crippen MR) is 48.1 cm³/mol. The first-order valence-corrected chi connectivity index (χ1v) is 4.18. The van der Waals surface area contributed by atoms with Crippen LogP contribution < -0.4 is 5.32 Å². The summed E-state index contributed by atoms with van der Waals surface area (Å²) in [6.07, 6.45) is 3.14. The van der Waals surface area contributed by atoms with E-state index in [2.05, 4.69) is 17.9 Å². The SMILES string of the molecule is COCCCCCNC(=O)S. The quantitative estimate of drug-likeness (QED) is 0.476. The zero-order valence-electron chi connectivity index (χ0n) is 6.80. The lowest BCUT2D eigenvalue weighted by Crippen LogP contribution is -2.17. The molecule has 0 saturated carbocycles. The van der Waals surface area contributed by atoms with Crippen LogP contribution in [0.15, 0.2) is 0 Å². The molecule has 0 bridgehead atoms. The summed E-state index contributed by atoms with van der Waals surface area (Å²) in [6, 6.07) is 0. The topological polar surface area (TPSA) is 38.3 Å². The summed E-state index contributed by atoms with van der Waals surface area (Å²) in [5.41, 5.74) is 0. The van der Waals surface area contributed by atoms with E-state index in [9.17, 15) is 4.79 Å². The van der Waals surface area contributed by atoms with E-state index in [0.717, 1.165) is 25.9 Å². The zero-order chi connectivity index (χ0) is 8.53. The third kappa shape index (κ3) is 9.78. The Kier molecular flexibility index (Phi) is 7.72. The van der Waals surface area contributed by atoms with Gasteiger partial charge in [0.1, 0.15) is 0 Å². The van der Waals surface area contributed by atoms with Crippen LogP contribution in [-0.2, 0) is 4.74 Å². The summed E-state index contributed by atoms with van der Waals surface area (Å²) in [4.78, 5) is 10.3. The second-order valence-corrected chi connectivity index (χ2v) is 2.69. The summed E-state index contributed by atoms with van der Waals surface area (Å²) in [6.45, 7) is 1.51. The number of methoxy groups -OCH3 is 1. The highest BCUT2D eigenvalue weighted by atomic mass is 32.1. The number of ether oxygens (including phenoxy) is 1. The smallest absolute Gasteiger partial charge is 0.275 e. The minimum absolute atomic E-state index is 0.253. The van der Waals surface area contributed by atoms with Gasteiger partial charge in [0, 0.05) is 20.3 Å². The first-order valence-electron chi connectivity index (χ1n) is 3.73. The minimum Gasteiger partial charge on any atom is -0.385 e. The van der Waals surface area contributed by atoms with E-state index >= 15 is 0 Å². The molecule has 0 radical (unpaired) electrons. The van der Waals surface area contributed by atoms with Gasteiger partial charge < -0.3 is 10.1 Å². The van der Waals surface area contributed by atoms with Crippen LogP contribution in [0, 0.1) is 0 Å². The van der Waals surface area contributed by atoms with Gasteiger partial charge in [-0.25, -0.2) is 0 Å². The Hall–Kier alpha value is -0.220. The first-order chi connectivity index (χ1) is 5.27. The molecule has 0 aromatic rings. The van der Waals surface area contributed by atoms with Crippen molar-refractivity contribution >= 4 is 17.9 Å². The van der Waals surface area contributed by atoms with Crippen LogP contribution >= 0.6 is 12.6 Å². The molecular formula is C7H15NO2S. The molecule has 0 saturated heterocycles. The number of carbonyl (C=O) groups excluding carboxylic acids is 1. The Morgan fingerprint density at radius 1 is 1.45 bits per heavy atom. The second kappa shape index (κ2) is 7.88. The number of amides is 1. The van der Waals surface area contributed by atoms with Crippen molar-refractivity contribution in [2.45, 2.75) is 19.3 Å². The molecular weight excluding hydrogens is 162 g/mol. The summed E-state index contributed by atoms with van der Waals surface area (Å²) in [5, 5.41) is 2.35. The molecule has 0 unspecified atom stereocenters. The molecule has 0 fully saturated rings. The summed E-state index contributed by atoms with van der Waals surface area (Å²) < 4.78 is 4.87. The number of nitrogens with one attached hydrogen (secondary N) is 1. The van der Waals surface area contributed by atoms with E-state index in [1.54, 1.807) is 7.11 Å². The molecule has 0 spiro atoms. The molecule has 4 heteroatoms. The highest BCUT2D eigenvalue weighted by Crippen LogP contribution is 1.93. The number of thiol groups is 1. The molecule has 0 aliphatic heterocycles. The Balaban J connectivity index is 2.85. The Bertz CT molecular complexity index is 109. The van der Waals surface area contributed by atoms with E-state index < -0.39 is 0 Å². The van der Waals surface area contributed by atoms with E-state index in [1.165, 1.54) is 0 Å².